The normalized spacial score (nSPS) is 10.6. The molecule has 7 heteroatoms. The van der Waals surface area contributed by atoms with Crippen LogP contribution in [-0.4, -0.2) is 18.4 Å². The summed E-state index contributed by atoms with van der Waals surface area (Å²) in [5.41, 5.74) is 7.84. The fourth-order valence-corrected chi connectivity index (χ4v) is 3.31. The van der Waals surface area contributed by atoms with Crippen LogP contribution in [0.3, 0.4) is 0 Å². The second-order valence-electron chi connectivity index (χ2n) is 5.18. The Bertz CT molecular complexity index is 771. The molecule has 0 atom stereocenters. The van der Waals surface area contributed by atoms with Gasteiger partial charge in [0, 0.05) is 16.6 Å². The Labute approximate surface area is 153 Å². The highest BCUT2D eigenvalue weighted by Gasteiger charge is 2.04. The summed E-state index contributed by atoms with van der Waals surface area (Å²) in [6, 6.07) is 9.74. The highest BCUT2D eigenvalue weighted by molar-refractivity contribution is 9.11. The van der Waals surface area contributed by atoms with Gasteiger partial charge < -0.3 is 5.32 Å². The third-order valence-corrected chi connectivity index (χ3v) is 4.73. The van der Waals surface area contributed by atoms with Crippen molar-refractivity contribution >= 4 is 50.8 Å². The second-order valence-corrected chi connectivity index (χ2v) is 7.68. The molecule has 0 spiro atoms. The van der Waals surface area contributed by atoms with Crippen LogP contribution >= 0.6 is 27.3 Å². The van der Waals surface area contributed by atoms with Crippen molar-refractivity contribution in [1.82, 2.24) is 10.9 Å². The second kappa shape index (κ2) is 8.65. The van der Waals surface area contributed by atoms with E-state index in [0.29, 0.717) is 0 Å². The summed E-state index contributed by atoms with van der Waals surface area (Å²) in [5, 5.41) is 3.04. The number of aryl methyl sites for hydroxylation is 2. The van der Waals surface area contributed by atoms with Crippen LogP contribution in [0.1, 0.15) is 16.0 Å². The van der Waals surface area contributed by atoms with Crippen molar-refractivity contribution in [1.29, 1.82) is 0 Å². The maximum Gasteiger partial charge on any atom is 0.262 e. The largest absolute Gasteiger partial charge is 0.376 e. The number of anilines is 1. The summed E-state index contributed by atoms with van der Waals surface area (Å²) in [6.45, 7) is 4.07. The molecule has 0 aliphatic heterocycles. The van der Waals surface area contributed by atoms with Gasteiger partial charge in [-0.05, 0) is 59.6 Å². The van der Waals surface area contributed by atoms with Gasteiger partial charge in [-0.2, -0.15) is 0 Å². The van der Waals surface area contributed by atoms with E-state index in [9.17, 15) is 9.59 Å². The lowest BCUT2D eigenvalue weighted by atomic mass is 10.1. The van der Waals surface area contributed by atoms with Crippen LogP contribution in [0.5, 0.6) is 0 Å². The average Bonchev–Trinajstić information content (AvgIpc) is 2.95. The van der Waals surface area contributed by atoms with Crippen LogP contribution in [0.4, 0.5) is 5.69 Å². The van der Waals surface area contributed by atoms with Gasteiger partial charge in [0.05, 0.1) is 10.3 Å². The molecule has 0 saturated carbocycles. The molecular formula is C17H18BrN3O2S. The van der Waals surface area contributed by atoms with Gasteiger partial charge >= 0.3 is 0 Å². The molecule has 0 radical (unpaired) electrons. The predicted molar refractivity (Wildman–Crippen MR) is 102 cm³/mol. The molecule has 1 heterocycles. The number of halogens is 1. The van der Waals surface area contributed by atoms with Gasteiger partial charge in [-0.3, -0.25) is 20.4 Å². The van der Waals surface area contributed by atoms with Crippen LogP contribution in [0.25, 0.3) is 6.08 Å². The van der Waals surface area contributed by atoms with Crippen LogP contribution in [0.2, 0.25) is 0 Å². The van der Waals surface area contributed by atoms with E-state index in [2.05, 4.69) is 32.1 Å². The first-order valence-electron chi connectivity index (χ1n) is 7.27. The zero-order valence-electron chi connectivity index (χ0n) is 13.4. The van der Waals surface area contributed by atoms with Crippen molar-refractivity contribution in [2.45, 2.75) is 13.8 Å². The molecule has 0 fully saturated rings. The maximum atomic E-state index is 11.8. The molecule has 3 N–H and O–H groups in total. The number of nitrogens with one attached hydrogen (secondary N) is 3. The Kier molecular flexibility index (Phi) is 6.57. The van der Waals surface area contributed by atoms with E-state index in [0.717, 1.165) is 19.9 Å². The number of hydrazine groups is 1. The summed E-state index contributed by atoms with van der Waals surface area (Å²) >= 11 is 4.87. The Hall–Kier alpha value is -2.12. The topological polar surface area (TPSA) is 70.2 Å². The van der Waals surface area contributed by atoms with E-state index in [-0.39, 0.29) is 18.4 Å². The maximum absolute atomic E-state index is 11.8. The molecule has 0 bridgehead atoms. The zero-order valence-corrected chi connectivity index (χ0v) is 15.8. The van der Waals surface area contributed by atoms with E-state index in [4.69, 9.17) is 0 Å². The molecule has 2 rings (SSSR count). The van der Waals surface area contributed by atoms with Crippen molar-refractivity contribution in [3.8, 4) is 0 Å². The minimum Gasteiger partial charge on any atom is -0.376 e. The lowest BCUT2D eigenvalue weighted by Gasteiger charge is -2.10. The smallest absolute Gasteiger partial charge is 0.262 e. The highest BCUT2D eigenvalue weighted by atomic mass is 79.9. The molecule has 2 amide bonds. The number of rotatable bonds is 5. The van der Waals surface area contributed by atoms with Crippen molar-refractivity contribution in [3.05, 3.63) is 56.2 Å². The third kappa shape index (κ3) is 5.82. The van der Waals surface area contributed by atoms with E-state index in [1.165, 1.54) is 23.0 Å². The standard InChI is InChI=1S/C17H18BrN3O2S/c1-11-3-6-14(12(2)9-11)19-10-17(23)21-20-16(22)8-5-13-4-7-15(18)24-13/h3-9,19H,10H2,1-2H3,(H,20,22)(H,21,23)/b8-5+. The van der Waals surface area contributed by atoms with Gasteiger partial charge in [0.15, 0.2) is 0 Å². The fraction of sp³-hybridized carbons (Fsp3) is 0.176. The van der Waals surface area contributed by atoms with Crippen molar-refractivity contribution in [2.24, 2.45) is 0 Å². The number of hydrogen-bond donors (Lipinski definition) is 3. The fourth-order valence-electron chi connectivity index (χ4n) is 1.98. The Morgan fingerprint density at radius 2 is 1.96 bits per heavy atom. The molecule has 5 nitrogen and oxygen atoms in total. The number of thiophene rings is 1. The number of benzene rings is 1. The number of amides is 2. The Morgan fingerprint density at radius 3 is 2.62 bits per heavy atom. The minimum atomic E-state index is -0.389. The highest BCUT2D eigenvalue weighted by Crippen LogP contribution is 2.22. The lowest BCUT2D eigenvalue weighted by molar-refractivity contribution is -0.125. The van der Waals surface area contributed by atoms with Crippen LogP contribution in [-0.2, 0) is 9.59 Å². The SMILES string of the molecule is Cc1ccc(NCC(=O)NNC(=O)/C=C/c2ccc(Br)s2)c(C)c1. The number of carbonyl (C=O) groups excluding carboxylic acids is 2. The van der Waals surface area contributed by atoms with Crippen LogP contribution < -0.4 is 16.2 Å². The van der Waals surface area contributed by atoms with Gasteiger partial charge in [0.2, 0.25) is 0 Å². The minimum absolute atomic E-state index is 0.0752. The van der Waals surface area contributed by atoms with Crippen LogP contribution in [0, 0.1) is 13.8 Å². The number of carbonyl (C=O) groups is 2. The Balaban J connectivity index is 1.74. The first-order valence-corrected chi connectivity index (χ1v) is 8.88. The molecule has 0 aliphatic carbocycles. The molecule has 24 heavy (non-hydrogen) atoms. The molecule has 126 valence electrons. The average molecular weight is 408 g/mol. The van der Waals surface area contributed by atoms with Gasteiger partial charge in [0.1, 0.15) is 0 Å². The first kappa shape index (κ1) is 18.2. The Morgan fingerprint density at radius 1 is 1.17 bits per heavy atom. The molecule has 0 saturated heterocycles. The summed E-state index contributed by atoms with van der Waals surface area (Å²) in [5.74, 6) is -0.713. The molecule has 0 unspecified atom stereocenters. The summed E-state index contributed by atoms with van der Waals surface area (Å²) < 4.78 is 0.994. The summed E-state index contributed by atoms with van der Waals surface area (Å²) in [4.78, 5) is 24.4. The monoisotopic (exact) mass is 407 g/mol. The van der Waals surface area contributed by atoms with E-state index < -0.39 is 0 Å². The third-order valence-electron chi connectivity index (χ3n) is 3.14. The quantitative estimate of drug-likeness (QED) is 0.525. The van der Waals surface area contributed by atoms with Crippen molar-refractivity contribution < 1.29 is 9.59 Å². The molecule has 1 aromatic carbocycles. The lowest BCUT2D eigenvalue weighted by Crippen LogP contribution is -2.43. The summed E-state index contributed by atoms with van der Waals surface area (Å²) in [7, 11) is 0. The van der Waals surface area contributed by atoms with Crippen LogP contribution in [0.15, 0.2) is 40.2 Å². The van der Waals surface area contributed by atoms with Crippen molar-refractivity contribution in [2.75, 3.05) is 11.9 Å². The van der Waals surface area contributed by atoms with Gasteiger partial charge in [0.25, 0.3) is 11.8 Å². The molecule has 0 aliphatic rings. The first-order chi connectivity index (χ1) is 11.4. The predicted octanol–water partition coefficient (Wildman–Crippen LogP) is 3.40. The number of hydrogen-bond acceptors (Lipinski definition) is 4. The molecule has 2 aromatic rings. The van der Waals surface area contributed by atoms with E-state index in [1.807, 2.05) is 44.2 Å². The van der Waals surface area contributed by atoms with Crippen molar-refractivity contribution in [3.63, 3.8) is 0 Å². The molecular weight excluding hydrogens is 390 g/mol. The molecule has 1 aromatic heterocycles. The van der Waals surface area contributed by atoms with Gasteiger partial charge in [-0.1, -0.05) is 17.7 Å². The van der Waals surface area contributed by atoms with E-state index >= 15 is 0 Å². The van der Waals surface area contributed by atoms with E-state index in [1.54, 1.807) is 6.08 Å². The van der Waals surface area contributed by atoms with Gasteiger partial charge in [-0.15, -0.1) is 11.3 Å². The van der Waals surface area contributed by atoms with Gasteiger partial charge in [-0.25, -0.2) is 0 Å². The summed E-state index contributed by atoms with van der Waals surface area (Å²) in [6.07, 6.45) is 3.06. The zero-order chi connectivity index (χ0) is 17.5.